The molecule has 0 spiro atoms. The third kappa shape index (κ3) is 2.99. The maximum atomic E-state index is 13.2. The van der Waals surface area contributed by atoms with E-state index in [0.717, 1.165) is 22.3 Å². The molecule has 4 rings (SSSR count). The molecule has 2 aromatic carbocycles. The fourth-order valence-electron chi connectivity index (χ4n) is 3.83. The maximum absolute atomic E-state index is 13.2. The van der Waals surface area contributed by atoms with Crippen LogP contribution in [0, 0.1) is 0 Å². The summed E-state index contributed by atoms with van der Waals surface area (Å²) >= 11 is 0. The molecule has 1 atom stereocenters. The Hall–Kier alpha value is -3.48. The van der Waals surface area contributed by atoms with Crippen molar-refractivity contribution in [2.24, 2.45) is 0 Å². The molecule has 0 radical (unpaired) electrons. The summed E-state index contributed by atoms with van der Waals surface area (Å²) in [6.07, 6.45) is 0. The standard InChI is InChI=1S/C22H24N4O3/c1-13-19(21(27)25(2)3)20(15-12-14(28-4)10-11-18(15)29-5)26-17-9-7-6-8-16(17)24-22(26)23-13/h6-12,20H,1-5H3,(H,23,24)/t20-/m1/s1. The highest BCUT2D eigenvalue weighted by atomic mass is 16.5. The Morgan fingerprint density at radius 1 is 1.14 bits per heavy atom. The number of likely N-dealkylation sites (N-methyl/N-ethyl adjacent to an activating group) is 1. The number of nitrogens with zero attached hydrogens (tertiary/aromatic N) is 3. The van der Waals surface area contributed by atoms with E-state index in [1.807, 2.05) is 49.4 Å². The van der Waals surface area contributed by atoms with Crippen LogP contribution in [0.3, 0.4) is 0 Å². The SMILES string of the molecule is COc1ccc(OC)c([C@@H]2C(C(=O)N(C)C)=C(C)Nc3nc4ccccc4n32)c1. The van der Waals surface area contributed by atoms with Gasteiger partial charge in [0.1, 0.15) is 11.5 Å². The van der Waals surface area contributed by atoms with Crippen molar-refractivity contribution in [2.75, 3.05) is 33.6 Å². The fourth-order valence-corrected chi connectivity index (χ4v) is 3.83. The molecule has 2 heterocycles. The predicted octanol–water partition coefficient (Wildman–Crippen LogP) is 3.43. The molecule has 1 aromatic heterocycles. The average Bonchev–Trinajstić information content (AvgIpc) is 3.09. The summed E-state index contributed by atoms with van der Waals surface area (Å²) in [4.78, 5) is 19.6. The molecule has 1 aliphatic heterocycles. The molecule has 0 aliphatic carbocycles. The molecular formula is C22H24N4O3. The maximum Gasteiger partial charge on any atom is 0.253 e. The smallest absolute Gasteiger partial charge is 0.253 e. The van der Waals surface area contributed by atoms with Crippen LogP contribution in [0.2, 0.25) is 0 Å². The van der Waals surface area contributed by atoms with Gasteiger partial charge in [-0.15, -0.1) is 0 Å². The Bertz CT molecular complexity index is 1130. The molecule has 1 amide bonds. The third-order valence-corrected chi connectivity index (χ3v) is 5.20. The Labute approximate surface area is 169 Å². The second-order valence-electron chi connectivity index (χ2n) is 7.17. The molecule has 1 N–H and O–H groups in total. The number of nitrogens with one attached hydrogen (secondary N) is 1. The first kappa shape index (κ1) is 18.9. The van der Waals surface area contributed by atoms with Gasteiger partial charge in [0.15, 0.2) is 0 Å². The van der Waals surface area contributed by atoms with Gasteiger partial charge in [-0.05, 0) is 37.3 Å². The van der Waals surface area contributed by atoms with Crippen LogP contribution in [-0.2, 0) is 4.79 Å². The van der Waals surface area contributed by atoms with E-state index in [0.29, 0.717) is 23.0 Å². The summed E-state index contributed by atoms with van der Waals surface area (Å²) in [6.45, 7) is 1.90. The van der Waals surface area contributed by atoms with E-state index >= 15 is 0 Å². The van der Waals surface area contributed by atoms with Gasteiger partial charge in [0.05, 0.1) is 36.9 Å². The Morgan fingerprint density at radius 3 is 2.59 bits per heavy atom. The van der Waals surface area contributed by atoms with Gasteiger partial charge in [-0.2, -0.15) is 0 Å². The highest BCUT2D eigenvalue weighted by molar-refractivity contribution is 5.97. The number of imidazole rings is 1. The minimum atomic E-state index is -0.418. The van der Waals surface area contributed by atoms with E-state index in [-0.39, 0.29) is 5.91 Å². The lowest BCUT2D eigenvalue weighted by Gasteiger charge is -2.32. The zero-order valence-corrected chi connectivity index (χ0v) is 17.2. The van der Waals surface area contributed by atoms with Crippen LogP contribution in [0.4, 0.5) is 5.95 Å². The van der Waals surface area contributed by atoms with E-state index in [4.69, 9.17) is 14.5 Å². The lowest BCUT2D eigenvalue weighted by molar-refractivity contribution is -0.125. The summed E-state index contributed by atoms with van der Waals surface area (Å²) in [5.41, 5.74) is 4.02. The quantitative estimate of drug-likeness (QED) is 0.737. The highest BCUT2D eigenvalue weighted by Crippen LogP contribution is 2.43. The fraction of sp³-hybridized carbons (Fsp3) is 0.273. The lowest BCUT2D eigenvalue weighted by Crippen LogP contribution is -2.34. The van der Waals surface area contributed by atoms with Crippen molar-refractivity contribution in [3.8, 4) is 11.5 Å². The van der Waals surface area contributed by atoms with Crippen LogP contribution in [0.15, 0.2) is 53.7 Å². The molecule has 150 valence electrons. The van der Waals surface area contributed by atoms with E-state index in [9.17, 15) is 4.79 Å². The first-order valence-corrected chi connectivity index (χ1v) is 9.34. The third-order valence-electron chi connectivity index (χ3n) is 5.20. The number of methoxy groups -OCH3 is 2. The van der Waals surface area contributed by atoms with Crippen molar-refractivity contribution < 1.29 is 14.3 Å². The zero-order chi connectivity index (χ0) is 20.7. The number of amides is 1. The van der Waals surface area contributed by atoms with Gasteiger partial charge in [0, 0.05) is 25.4 Å². The van der Waals surface area contributed by atoms with Crippen molar-refractivity contribution in [1.82, 2.24) is 14.5 Å². The number of carbonyl (C=O) groups is 1. The molecule has 0 fully saturated rings. The summed E-state index contributed by atoms with van der Waals surface area (Å²) in [5.74, 6) is 1.99. The van der Waals surface area contributed by atoms with Crippen molar-refractivity contribution in [2.45, 2.75) is 13.0 Å². The first-order valence-electron chi connectivity index (χ1n) is 9.34. The van der Waals surface area contributed by atoms with Gasteiger partial charge in [-0.1, -0.05) is 12.1 Å². The minimum absolute atomic E-state index is 0.0756. The average molecular weight is 392 g/mol. The molecule has 0 unspecified atom stereocenters. The molecule has 0 saturated heterocycles. The van der Waals surface area contributed by atoms with E-state index in [2.05, 4.69) is 9.88 Å². The number of carbonyl (C=O) groups excluding carboxylic acids is 1. The van der Waals surface area contributed by atoms with E-state index in [1.54, 1.807) is 33.2 Å². The largest absolute Gasteiger partial charge is 0.497 e. The number of benzene rings is 2. The number of rotatable bonds is 4. The number of hydrogen-bond donors (Lipinski definition) is 1. The number of hydrogen-bond acceptors (Lipinski definition) is 5. The topological polar surface area (TPSA) is 68.6 Å². The van der Waals surface area contributed by atoms with Crippen molar-refractivity contribution in [3.05, 3.63) is 59.3 Å². The molecule has 0 bridgehead atoms. The number of ether oxygens (including phenoxy) is 2. The second kappa shape index (κ2) is 7.16. The molecule has 3 aromatic rings. The number of anilines is 1. The van der Waals surface area contributed by atoms with Crippen LogP contribution in [0.25, 0.3) is 11.0 Å². The van der Waals surface area contributed by atoms with Crippen molar-refractivity contribution in [1.29, 1.82) is 0 Å². The number of para-hydroxylation sites is 2. The van der Waals surface area contributed by atoms with E-state index < -0.39 is 6.04 Å². The minimum Gasteiger partial charge on any atom is -0.497 e. The Balaban J connectivity index is 2.06. The van der Waals surface area contributed by atoms with Crippen molar-refractivity contribution in [3.63, 3.8) is 0 Å². The van der Waals surface area contributed by atoms with Crippen LogP contribution < -0.4 is 14.8 Å². The molecule has 7 nitrogen and oxygen atoms in total. The number of aromatic nitrogens is 2. The van der Waals surface area contributed by atoms with E-state index in [1.165, 1.54) is 0 Å². The first-order chi connectivity index (χ1) is 14.0. The monoisotopic (exact) mass is 392 g/mol. The molecule has 29 heavy (non-hydrogen) atoms. The Kier molecular flexibility index (Phi) is 4.66. The lowest BCUT2D eigenvalue weighted by atomic mass is 9.93. The molecule has 0 saturated carbocycles. The predicted molar refractivity (Wildman–Crippen MR) is 112 cm³/mol. The van der Waals surface area contributed by atoms with Gasteiger partial charge in [0.25, 0.3) is 5.91 Å². The van der Waals surface area contributed by atoms with Gasteiger partial charge in [-0.3, -0.25) is 9.36 Å². The van der Waals surface area contributed by atoms with Gasteiger partial charge >= 0.3 is 0 Å². The summed E-state index contributed by atoms with van der Waals surface area (Å²) in [6, 6.07) is 13.1. The van der Waals surface area contributed by atoms with Gasteiger partial charge < -0.3 is 19.7 Å². The Morgan fingerprint density at radius 2 is 1.90 bits per heavy atom. The van der Waals surface area contributed by atoms with Gasteiger partial charge in [0.2, 0.25) is 5.95 Å². The normalized spacial score (nSPS) is 15.7. The number of fused-ring (bicyclic) bond motifs is 3. The van der Waals surface area contributed by atoms with Gasteiger partial charge in [-0.25, -0.2) is 4.98 Å². The molecule has 7 heteroatoms. The van der Waals surface area contributed by atoms with Crippen LogP contribution >= 0.6 is 0 Å². The summed E-state index contributed by atoms with van der Waals surface area (Å²) in [5, 5.41) is 3.31. The highest BCUT2D eigenvalue weighted by Gasteiger charge is 2.36. The second-order valence-corrected chi connectivity index (χ2v) is 7.17. The summed E-state index contributed by atoms with van der Waals surface area (Å²) in [7, 11) is 6.76. The molecule has 1 aliphatic rings. The molecular weight excluding hydrogens is 368 g/mol. The summed E-state index contributed by atoms with van der Waals surface area (Å²) < 4.78 is 13.2. The number of allylic oxidation sites excluding steroid dienone is 1. The van der Waals surface area contributed by atoms with Crippen LogP contribution in [0.5, 0.6) is 11.5 Å². The zero-order valence-electron chi connectivity index (χ0n) is 17.2. The van der Waals surface area contributed by atoms with Crippen LogP contribution in [-0.4, -0.2) is 48.7 Å². The van der Waals surface area contributed by atoms with Crippen LogP contribution in [0.1, 0.15) is 18.5 Å². The van der Waals surface area contributed by atoms with Crippen molar-refractivity contribution >= 4 is 22.9 Å².